The summed E-state index contributed by atoms with van der Waals surface area (Å²) in [6.45, 7) is 5.16. The summed E-state index contributed by atoms with van der Waals surface area (Å²) in [7, 11) is 3.57. The molecule has 4 rings (SSSR count). The number of ether oxygens (including phenoxy) is 2. The van der Waals surface area contributed by atoms with E-state index in [1.165, 1.54) is 5.57 Å². The van der Waals surface area contributed by atoms with Crippen molar-refractivity contribution in [3.63, 3.8) is 0 Å². The molecular weight excluding hydrogens is 390 g/mol. The Labute approximate surface area is 182 Å². The molecule has 1 atom stereocenters. The Hall–Kier alpha value is -2.96. The molecular formula is C25H29N3O3. The Morgan fingerprint density at radius 3 is 2.68 bits per heavy atom. The van der Waals surface area contributed by atoms with Gasteiger partial charge in [-0.1, -0.05) is 35.6 Å². The Morgan fingerprint density at radius 2 is 1.94 bits per heavy atom. The molecule has 1 unspecified atom stereocenters. The molecule has 0 spiro atoms. The van der Waals surface area contributed by atoms with Crippen LogP contribution in [-0.2, 0) is 23.1 Å². The Morgan fingerprint density at radius 1 is 1.10 bits per heavy atom. The molecule has 0 saturated carbocycles. The van der Waals surface area contributed by atoms with Crippen LogP contribution in [0.1, 0.15) is 46.8 Å². The van der Waals surface area contributed by atoms with Crippen LogP contribution in [0.25, 0.3) is 11.0 Å². The fourth-order valence-corrected chi connectivity index (χ4v) is 3.99. The Kier molecular flexibility index (Phi) is 6.20. The van der Waals surface area contributed by atoms with Crippen molar-refractivity contribution in [1.29, 1.82) is 0 Å². The van der Waals surface area contributed by atoms with E-state index in [9.17, 15) is 5.11 Å². The van der Waals surface area contributed by atoms with Crippen LogP contribution >= 0.6 is 0 Å². The summed E-state index contributed by atoms with van der Waals surface area (Å²) in [5, 5.41) is 19.4. The van der Waals surface area contributed by atoms with E-state index in [1.807, 2.05) is 50.4 Å². The third kappa shape index (κ3) is 4.40. The van der Waals surface area contributed by atoms with Crippen LogP contribution in [0.5, 0.6) is 0 Å². The molecule has 0 amide bonds. The first-order chi connectivity index (χ1) is 15.0. The molecule has 0 saturated heterocycles. The Balaban J connectivity index is 1.49. The van der Waals surface area contributed by atoms with Gasteiger partial charge in [0.1, 0.15) is 11.6 Å². The van der Waals surface area contributed by atoms with E-state index in [1.54, 1.807) is 11.8 Å². The monoisotopic (exact) mass is 419 g/mol. The van der Waals surface area contributed by atoms with Crippen LogP contribution < -0.4 is 0 Å². The van der Waals surface area contributed by atoms with Crippen LogP contribution in [0.2, 0.25) is 0 Å². The minimum absolute atomic E-state index is 0.507. The molecule has 0 radical (unpaired) electrons. The van der Waals surface area contributed by atoms with Gasteiger partial charge in [0, 0.05) is 13.5 Å². The number of benzene rings is 2. The number of hydrogen-bond donors (Lipinski definition) is 1. The van der Waals surface area contributed by atoms with E-state index in [4.69, 9.17) is 9.47 Å². The van der Waals surface area contributed by atoms with E-state index in [0.29, 0.717) is 13.2 Å². The summed E-state index contributed by atoms with van der Waals surface area (Å²) in [5.41, 5.74) is 7.91. The molecule has 162 valence electrons. The molecule has 6 nitrogen and oxygen atoms in total. The molecule has 1 N–H and O–H groups in total. The molecule has 2 aromatic carbocycles. The van der Waals surface area contributed by atoms with E-state index < -0.39 is 6.10 Å². The predicted octanol–water partition coefficient (Wildman–Crippen LogP) is 4.43. The first-order valence-corrected chi connectivity index (χ1v) is 10.5. The number of hydrogen-bond acceptors (Lipinski definition) is 5. The van der Waals surface area contributed by atoms with Crippen molar-refractivity contribution in [3.8, 4) is 0 Å². The standard InChI is InChI=1S/C25H29N3O3/c1-16-5-8-19(13-20(16)15-31-14-18-6-9-21(30-4)10-7-18)25(29)22-11-12-23-24(17(22)2)26-27-28(23)3/h5-6,8-9,11-13,25,29H,7,10,14-15H2,1-4H3. The van der Waals surface area contributed by atoms with Crippen LogP contribution in [0, 0.1) is 13.8 Å². The van der Waals surface area contributed by atoms with E-state index in [2.05, 4.69) is 23.3 Å². The van der Waals surface area contributed by atoms with Gasteiger partial charge in [0.25, 0.3) is 0 Å². The van der Waals surface area contributed by atoms with Gasteiger partial charge in [-0.05, 0) is 65.8 Å². The number of aliphatic hydroxyl groups excluding tert-OH is 1. The predicted molar refractivity (Wildman–Crippen MR) is 121 cm³/mol. The van der Waals surface area contributed by atoms with Crippen molar-refractivity contribution in [3.05, 3.63) is 81.6 Å². The highest BCUT2D eigenvalue weighted by molar-refractivity contribution is 5.79. The number of aromatic nitrogens is 3. The molecule has 1 aromatic heterocycles. The lowest BCUT2D eigenvalue weighted by Crippen LogP contribution is -2.06. The van der Waals surface area contributed by atoms with Crippen molar-refractivity contribution in [1.82, 2.24) is 15.0 Å². The number of methoxy groups -OCH3 is 1. The maximum absolute atomic E-state index is 11.1. The highest BCUT2D eigenvalue weighted by atomic mass is 16.5. The van der Waals surface area contributed by atoms with Gasteiger partial charge < -0.3 is 14.6 Å². The van der Waals surface area contributed by atoms with Gasteiger partial charge in [-0.2, -0.15) is 0 Å². The molecule has 31 heavy (non-hydrogen) atoms. The second-order valence-electron chi connectivity index (χ2n) is 8.10. The second-order valence-corrected chi connectivity index (χ2v) is 8.10. The maximum atomic E-state index is 11.1. The molecule has 1 aliphatic carbocycles. The quantitative estimate of drug-likeness (QED) is 0.613. The second kappa shape index (κ2) is 9.04. The molecule has 3 aromatic rings. The maximum Gasteiger partial charge on any atom is 0.116 e. The van der Waals surface area contributed by atoms with Crippen LogP contribution in [0.4, 0.5) is 0 Å². The fourth-order valence-electron chi connectivity index (χ4n) is 3.99. The van der Waals surface area contributed by atoms with Gasteiger partial charge >= 0.3 is 0 Å². The molecule has 1 heterocycles. The fraction of sp³-hybridized carbons (Fsp3) is 0.360. The molecule has 6 heteroatoms. The summed E-state index contributed by atoms with van der Waals surface area (Å²) >= 11 is 0. The average molecular weight is 420 g/mol. The number of nitrogens with zero attached hydrogens (tertiary/aromatic N) is 3. The SMILES string of the molecule is COC1=CC=C(COCc2cc(C(O)c3ccc4c(nnn4C)c3C)ccc2C)CC1. The lowest BCUT2D eigenvalue weighted by Gasteiger charge is -2.17. The van der Waals surface area contributed by atoms with Gasteiger partial charge in [0.15, 0.2) is 0 Å². The van der Waals surface area contributed by atoms with Crippen LogP contribution in [-0.4, -0.2) is 33.8 Å². The first-order valence-electron chi connectivity index (χ1n) is 10.5. The minimum Gasteiger partial charge on any atom is -0.501 e. The molecule has 0 bridgehead atoms. The van der Waals surface area contributed by atoms with Crippen molar-refractivity contribution in [2.24, 2.45) is 7.05 Å². The third-order valence-corrected chi connectivity index (χ3v) is 6.07. The van der Waals surface area contributed by atoms with Crippen molar-refractivity contribution < 1.29 is 14.6 Å². The topological polar surface area (TPSA) is 69.4 Å². The summed E-state index contributed by atoms with van der Waals surface area (Å²) in [5.74, 6) is 1.01. The van der Waals surface area contributed by atoms with Crippen molar-refractivity contribution in [2.45, 2.75) is 39.4 Å². The molecule has 1 aliphatic rings. The molecule has 0 fully saturated rings. The van der Waals surface area contributed by atoms with E-state index in [0.717, 1.165) is 57.5 Å². The highest BCUT2D eigenvalue weighted by Crippen LogP contribution is 2.30. The third-order valence-electron chi connectivity index (χ3n) is 6.07. The van der Waals surface area contributed by atoms with Gasteiger partial charge in [0.2, 0.25) is 0 Å². The zero-order valence-corrected chi connectivity index (χ0v) is 18.6. The number of rotatable bonds is 7. The van der Waals surface area contributed by atoms with Crippen molar-refractivity contribution in [2.75, 3.05) is 13.7 Å². The smallest absolute Gasteiger partial charge is 0.116 e. The Bertz CT molecular complexity index is 1160. The van der Waals surface area contributed by atoms with E-state index in [-0.39, 0.29) is 0 Å². The minimum atomic E-state index is -0.732. The van der Waals surface area contributed by atoms with Gasteiger partial charge in [0.05, 0.1) is 31.6 Å². The van der Waals surface area contributed by atoms with Gasteiger partial charge in [-0.15, -0.1) is 5.10 Å². The lowest BCUT2D eigenvalue weighted by molar-refractivity contribution is 0.139. The normalized spacial score (nSPS) is 15.0. The zero-order chi connectivity index (χ0) is 22.0. The summed E-state index contributed by atoms with van der Waals surface area (Å²) in [6, 6.07) is 9.98. The summed E-state index contributed by atoms with van der Waals surface area (Å²) < 4.78 is 13.0. The number of aryl methyl sites for hydroxylation is 3. The number of aliphatic hydroxyl groups is 1. The van der Waals surface area contributed by atoms with Gasteiger partial charge in [-0.25, -0.2) is 4.68 Å². The lowest BCUT2D eigenvalue weighted by atomic mass is 9.94. The van der Waals surface area contributed by atoms with Crippen LogP contribution in [0.3, 0.4) is 0 Å². The van der Waals surface area contributed by atoms with E-state index >= 15 is 0 Å². The largest absolute Gasteiger partial charge is 0.501 e. The summed E-state index contributed by atoms with van der Waals surface area (Å²) in [4.78, 5) is 0. The van der Waals surface area contributed by atoms with Crippen molar-refractivity contribution >= 4 is 11.0 Å². The molecule has 0 aliphatic heterocycles. The first kappa shape index (κ1) is 21.3. The number of fused-ring (bicyclic) bond motifs is 1. The zero-order valence-electron chi connectivity index (χ0n) is 18.6. The highest BCUT2D eigenvalue weighted by Gasteiger charge is 2.18. The number of allylic oxidation sites excluding steroid dienone is 3. The van der Waals surface area contributed by atoms with Crippen LogP contribution in [0.15, 0.2) is 53.8 Å². The summed E-state index contributed by atoms with van der Waals surface area (Å²) in [6.07, 6.45) is 5.25. The van der Waals surface area contributed by atoms with Gasteiger partial charge in [-0.3, -0.25) is 0 Å². The average Bonchev–Trinajstić information content (AvgIpc) is 3.17.